The Balaban J connectivity index is 1.69. The molecular weight excluding hydrogens is 236 g/mol. The second kappa shape index (κ2) is 4.16. The fourth-order valence-electron chi connectivity index (χ4n) is 5.10. The third kappa shape index (κ3) is 1.62. The van der Waals surface area contributed by atoms with E-state index in [9.17, 15) is 9.59 Å². The molecule has 4 aliphatic carbocycles. The molecule has 0 aliphatic heterocycles. The van der Waals surface area contributed by atoms with Crippen LogP contribution >= 0.6 is 0 Å². The maximum Gasteiger partial charge on any atom is 0.144 e. The smallest absolute Gasteiger partial charge is 0.144 e. The molecule has 19 heavy (non-hydrogen) atoms. The first-order chi connectivity index (χ1) is 9.25. The molecule has 3 fully saturated rings. The first kappa shape index (κ1) is 11.6. The number of Topliss-reactive ketones (excluding diaryl/α,β-unsaturated/α-hetero) is 2. The van der Waals surface area contributed by atoms with Crippen LogP contribution in [-0.4, -0.2) is 11.6 Å². The van der Waals surface area contributed by atoms with Gasteiger partial charge in [0.05, 0.1) is 5.92 Å². The summed E-state index contributed by atoms with van der Waals surface area (Å²) in [4.78, 5) is 24.6. The normalized spacial score (nSPS) is 44.4. The average Bonchev–Trinajstić information content (AvgIpc) is 2.88. The fraction of sp³-hybridized carbons (Fsp3) is 0.647. The van der Waals surface area contributed by atoms with Gasteiger partial charge in [-0.3, -0.25) is 9.59 Å². The van der Waals surface area contributed by atoms with E-state index in [2.05, 4.69) is 6.08 Å². The second-order valence-electron chi connectivity index (χ2n) is 6.69. The van der Waals surface area contributed by atoms with E-state index in [0.29, 0.717) is 35.7 Å². The lowest BCUT2D eigenvalue weighted by atomic mass is 9.55. The molecule has 0 saturated heterocycles. The van der Waals surface area contributed by atoms with Crippen molar-refractivity contribution in [2.45, 2.75) is 38.5 Å². The quantitative estimate of drug-likeness (QED) is 0.667. The Bertz CT molecular complexity index is 499. The van der Waals surface area contributed by atoms with Gasteiger partial charge in [0.15, 0.2) is 0 Å². The van der Waals surface area contributed by atoms with Crippen molar-refractivity contribution in [3.8, 4) is 0 Å². The molecule has 0 amide bonds. The average molecular weight is 256 g/mol. The van der Waals surface area contributed by atoms with Crippen LogP contribution in [-0.2, 0) is 9.59 Å². The maximum absolute atomic E-state index is 12.3. The molecule has 0 radical (unpaired) electrons. The summed E-state index contributed by atoms with van der Waals surface area (Å²) in [6.45, 7) is 0. The van der Waals surface area contributed by atoms with E-state index in [1.807, 2.05) is 12.2 Å². The molecule has 5 unspecified atom stereocenters. The van der Waals surface area contributed by atoms with Gasteiger partial charge in [0.1, 0.15) is 11.6 Å². The number of allylic oxidation sites excluding steroid dienone is 4. The molecule has 0 spiro atoms. The van der Waals surface area contributed by atoms with Crippen LogP contribution < -0.4 is 0 Å². The molecule has 0 heterocycles. The molecule has 4 aliphatic rings. The van der Waals surface area contributed by atoms with Crippen molar-refractivity contribution in [3.05, 3.63) is 23.8 Å². The summed E-state index contributed by atoms with van der Waals surface area (Å²) in [5.41, 5.74) is 1.32. The van der Waals surface area contributed by atoms with E-state index in [4.69, 9.17) is 0 Å². The minimum atomic E-state index is 0.0523. The number of ketones is 2. The van der Waals surface area contributed by atoms with Crippen LogP contribution in [0, 0.1) is 29.6 Å². The third-order valence-corrected chi connectivity index (χ3v) is 5.87. The molecular formula is C17H20O2. The predicted octanol–water partition coefficient (Wildman–Crippen LogP) is 3.08. The monoisotopic (exact) mass is 256 g/mol. The zero-order valence-electron chi connectivity index (χ0n) is 11.2. The van der Waals surface area contributed by atoms with Gasteiger partial charge in [-0.1, -0.05) is 23.8 Å². The molecule has 0 bridgehead atoms. The van der Waals surface area contributed by atoms with E-state index >= 15 is 0 Å². The van der Waals surface area contributed by atoms with Crippen LogP contribution in [0.3, 0.4) is 0 Å². The Morgan fingerprint density at radius 2 is 1.95 bits per heavy atom. The molecule has 100 valence electrons. The largest absolute Gasteiger partial charge is 0.299 e. The van der Waals surface area contributed by atoms with Crippen molar-refractivity contribution >= 4 is 11.6 Å². The summed E-state index contributed by atoms with van der Waals surface area (Å²) in [6.07, 6.45) is 12.3. The van der Waals surface area contributed by atoms with Crippen LogP contribution in [0.4, 0.5) is 0 Å². The van der Waals surface area contributed by atoms with Gasteiger partial charge in [-0.25, -0.2) is 0 Å². The van der Waals surface area contributed by atoms with E-state index in [1.165, 1.54) is 24.8 Å². The third-order valence-electron chi connectivity index (χ3n) is 5.87. The number of carbonyl (C=O) groups excluding carboxylic acids is 2. The SMILES string of the molecule is O=C1CC2C(CCC3CCCC(=O)C32)C2=CC=CC12. The van der Waals surface area contributed by atoms with E-state index in [1.54, 1.807) is 0 Å². The minimum Gasteiger partial charge on any atom is -0.299 e. The number of hydrogen-bond donors (Lipinski definition) is 0. The zero-order valence-corrected chi connectivity index (χ0v) is 11.2. The van der Waals surface area contributed by atoms with Gasteiger partial charge < -0.3 is 0 Å². The topological polar surface area (TPSA) is 34.1 Å². The molecule has 4 rings (SSSR count). The highest BCUT2D eigenvalue weighted by atomic mass is 16.1. The van der Waals surface area contributed by atoms with Crippen molar-refractivity contribution in [1.82, 2.24) is 0 Å². The minimum absolute atomic E-state index is 0.0523. The first-order valence-corrected chi connectivity index (χ1v) is 7.69. The lowest BCUT2D eigenvalue weighted by molar-refractivity contribution is -0.135. The summed E-state index contributed by atoms with van der Waals surface area (Å²) in [6, 6.07) is 0. The summed E-state index contributed by atoms with van der Waals surface area (Å²) in [5, 5.41) is 0. The highest BCUT2D eigenvalue weighted by Crippen LogP contribution is 2.53. The highest BCUT2D eigenvalue weighted by molar-refractivity contribution is 5.90. The van der Waals surface area contributed by atoms with Gasteiger partial charge in [0.25, 0.3) is 0 Å². The van der Waals surface area contributed by atoms with Crippen molar-refractivity contribution in [1.29, 1.82) is 0 Å². The molecule has 2 heteroatoms. The number of fused-ring (bicyclic) bond motifs is 5. The predicted molar refractivity (Wildman–Crippen MR) is 72.4 cm³/mol. The summed E-state index contributed by atoms with van der Waals surface area (Å²) >= 11 is 0. The lowest BCUT2D eigenvalue weighted by Crippen LogP contribution is -2.47. The van der Waals surface area contributed by atoms with E-state index < -0.39 is 0 Å². The molecule has 0 aromatic rings. The first-order valence-electron chi connectivity index (χ1n) is 7.69. The van der Waals surface area contributed by atoms with Gasteiger partial charge in [0.2, 0.25) is 0 Å². The zero-order chi connectivity index (χ0) is 13.0. The Labute approximate surface area is 113 Å². The van der Waals surface area contributed by atoms with Crippen LogP contribution in [0.25, 0.3) is 0 Å². The van der Waals surface area contributed by atoms with Crippen molar-refractivity contribution in [3.63, 3.8) is 0 Å². The molecule has 0 aromatic heterocycles. The van der Waals surface area contributed by atoms with Crippen molar-refractivity contribution in [2.75, 3.05) is 0 Å². The summed E-state index contributed by atoms with van der Waals surface area (Å²) < 4.78 is 0. The lowest BCUT2D eigenvalue weighted by Gasteiger charge is -2.48. The summed E-state index contributed by atoms with van der Waals surface area (Å²) in [7, 11) is 0. The van der Waals surface area contributed by atoms with Crippen LogP contribution in [0.15, 0.2) is 23.8 Å². The van der Waals surface area contributed by atoms with E-state index in [-0.39, 0.29) is 11.8 Å². The van der Waals surface area contributed by atoms with Crippen molar-refractivity contribution in [2.24, 2.45) is 29.6 Å². The Morgan fingerprint density at radius 1 is 1.05 bits per heavy atom. The van der Waals surface area contributed by atoms with Gasteiger partial charge in [-0.15, -0.1) is 0 Å². The highest BCUT2D eigenvalue weighted by Gasteiger charge is 2.50. The van der Waals surface area contributed by atoms with Gasteiger partial charge in [-0.05, 0) is 43.4 Å². The number of carbonyl (C=O) groups is 2. The van der Waals surface area contributed by atoms with Gasteiger partial charge in [-0.2, -0.15) is 0 Å². The van der Waals surface area contributed by atoms with Gasteiger partial charge in [0, 0.05) is 18.8 Å². The maximum atomic E-state index is 12.3. The molecule has 5 atom stereocenters. The van der Waals surface area contributed by atoms with Crippen LogP contribution in [0.1, 0.15) is 38.5 Å². The molecule has 0 N–H and O–H groups in total. The van der Waals surface area contributed by atoms with Crippen LogP contribution in [0.2, 0.25) is 0 Å². The molecule has 2 nitrogen and oxygen atoms in total. The van der Waals surface area contributed by atoms with Gasteiger partial charge >= 0.3 is 0 Å². The molecule has 3 saturated carbocycles. The number of hydrogen-bond acceptors (Lipinski definition) is 2. The van der Waals surface area contributed by atoms with E-state index in [0.717, 1.165) is 12.8 Å². The molecule has 0 aromatic carbocycles. The van der Waals surface area contributed by atoms with Crippen LogP contribution in [0.5, 0.6) is 0 Å². The summed E-state index contributed by atoms with van der Waals surface area (Å²) in [5.74, 6) is 2.43. The standard InChI is InChI=1S/C17H20O2/c18-15-6-1-3-10-7-8-12-11-4-2-5-13(11)16(19)9-14(12)17(10)15/h2,4-5,10,12-14,17H,1,3,6-9H2. The second-order valence-corrected chi connectivity index (χ2v) is 6.69. The van der Waals surface area contributed by atoms with Crippen molar-refractivity contribution < 1.29 is 9.59 Å². The Morgan fingerprint density at radius 3 is 2.84 bits per heavy atom. The Kier molecular flexibility index (Phi) is 2.54. The number of rotatable bonds is 0. The Hall–Kier alpha value is -1.18. The fourth-order valence-corrected chi connectivity index (χ4v) is 5.10.